The van der Waals surface area contributed by atoms with Crippen LogP contribution in [0.25, 0.3) is 0 Å². The van der Waals surface area contributed by atoms with E-state index in [0.29, 0.717) is 5.56 Å². The first kappa shape index (κ1) is 13.5. The fraction of sp³-hybridized carbons (Fsp3) is 0.462. The monoisotopic (exact) mass is 274 g/mol. The van der Waals surface area contributed by atoms with E-state index in [1.54, 1.807) is 17.8 Å². The van der Waals surface area contributed by atoms with Gasteiger partial charge in [0.05, 0.1) is 5.56 Å². The van der Waals surface area contributed by atoms with Crippen molar-refractivity contribution in [3.05, 3.63) is 35.4 Å². The highest BCUT2D eigenvalue weighted by molar-refractivity contribution is 7.99. The van der Waals surface area contributed by atoms with Crippen molar-refractivity contribution in [2.45, 2.75) is 19.0 Å². The molecule has 1 aromatic carbocycles. The van der Waals surface area contributed by atoms with Gasteiger partial charge in [-0.15, -0.1) is 0 Å². The minimum Gasteiger partial charge on any atom is -0.299 e. The van der Waals surface area contributed by atoms with Gasteiger partial charge in [0.25, 0.3) is 0 Å². The summed E-state index contributed by atoms with van der Waals surface area (Å²) in [6.07, 6.45) is -3.39. The van der Waals surface area contributed by atoms with E-state index >= 15 is 0 Å². The molecular formula is C13H13F3OS. The summed E-state index contributed by atoms with van der Waals surface area (Å²) in [5.74, 6) is 1.85. The molecule has 1 aliphatic rings. The Balaban J connectivity index is 2.07. The van der Waals surface area contributed by atoms with Crippen LogP contribution in [-0.2, 0) is 17.4 Å². The van der Waals surface area contributed by atoms with Crippen molar-refractivity contribution in [1.29, 1.82) is 0 Å². The van der Waals surface area contributed by atoms with Crippen LogP contribution < -0.4 is 0 Å². The molecule has 0 spiro atoms. The van der Waals surface area contributed by atoms with E-state index in [1.807, 2.05) is 0 Å². The van der Waals surface area contributed by atoms with Crippen molar-refractivity contribution in [2.75, 3.05) is 11.5 Å². The van der Waals surface area contributed by atoms with E-state index in [2.05, 4.69) is 0 Å². The number of carbonyl (C=O) groups excluding carboxylic acids is 1. The van der Waals surface area contributed by atoms with Crippen LogP contribution in [0.15, 0.2) is 24.3 Å². The molecule has 0 saturated carbocycles. The molecule has 2 rings (SSSR count). The zero-order valence-corrected chi connectivity index (χ0v) is 10.5. The SMILES string of the molecule is O=C(Cc1cccc(C(F)(F)F)c1)C1CCSC1. The quantitative estimate of drug-likeness (QED) is 0.838. The Kier molecular flexibility index (Phi) is 4.00. The highest BCUT2D eigenvalue weighted by Gasteiger charge is 2.30. The minimum absolute atomic E-state index is 0.0181. The molecule has 5 heteroatoms. The average molecular weight is 274 g/mol. The largest absolute Gasteiger partial charge is 0.416 e. The summed E-state index contributed by atoms with van der Waals surface area (Å²) in [5, 5.41) is 0. The Bertz CT molecular complexity index is 436. The first-order valence-electron chi connectivity index (χ1n) is 5.73. The van der Waals surface area contributed by atoms with Gasteiger partial charge in [-0.1, -0.05) is 18.2 Å². The maximum atomic E-state index is 12.5. The molecule has 98 valence electrons. The number of Topliss-reactive ketones (excluding diaryl/α,β-unsaturated/α-hetero) is 1. The fourth-order valence-corrected chi connectivity index (χ4v) is 3.25. The Morgan fingerprint density at radius 3 is 2.78 bits per heavy atom. The zero-order valence-electron chi connectivity index (χ0n) is 9.67. The number of ketones is 1. The summed E-state index contributed by atoms with van der Waals surface area (Å²) < 4.78 is 37.6. The summed E-state index contributed by atoms with van der Waals surface area (Å²) >= 11 is 1.73. The zero-order chi connectivity index (χ0) is 13.2. The maximum absolute atomic E-state index is 12.5. The predicted octanol–water partition coefficient (Wildman–Crippen LogP) is 3.57. The van der Waals surface area contributed by atoms with Crippen LogP contribution in [-0.4, -0.2) is 17.3 Å². The number of alkyl halides is 3. The van der Waals surface area contributed by atoms with Gasteiger partial charge in [0.1, 0.15) is 5.78 Å². The standard InChI is InChI=1S/C13H13F3OS/c14-13(15,16)11-3-1-2-9(6-11)7-12(17)10-4-5-18-8-10/h1-3,6,10H,4-5,7-8H2. The lowest BCUT2D eigenvalue weighted by molar-refractivity contribution is -0.137. The predicted molar refractivity (Wildman–Crippen MR) is 65.6 cm³/mol. The molecule has 1 aromatic rings. The topological polar surface area (TPSA) is 17.1 Å². The smallest absolute Gasteiger partial charge is 0.299 e. The van der Waals surface area contributed by atoms with E-state index in [0.717, 1.165) is 30.1 Å². The Hall–Kier alpha value is -0.970. The molecule has 1 fully saturated rings. The summed E-state index contributed by atoms with van der Waals surface area (Å²) in [6, 6.07) is 5.03. The lowest BCUT2D eigenvalue weighted by Gasteiger charge is -2.10. The summed E-state index contributed by atoms with van der Waals surface area (Å²) in [7, 11) is 0. The number of hydrogen-bond donors (Lipinski definition) is 0. The molecule has 0 aliphatic carbocycles. The summed E-state index contributed by atoms with van der Waals surface area (Å²) in [4.78, 5) is 11.9. The molecule has 1 heterocycles. The van der Waals surface area contributed by atoms with Gasteiger partial charge in [0, 0.05) is 18.1 Å². The van der Waals surface area contributed by atoms with Crippen LogP contribution in [0.4, 0.5) is 13.2 Å². The fourth-order valence-electron chi connectivity index (χ4n) is 1.99. The van der Waals surface area contributed by atoms with Crippen molar-refractivity contribution < 1.29 is 18.0 Å². The first-order valence-corrected chi connectivity index (χ1v) is 6.89. The highest BCUT2D eigenvalue weighted by Crippen LogP contribution is 2.30. The van der Waals surface area contributed by atoms with E-state index in [-0.39, 0.29) is 18.1 Å². The lowest BCUT2D eigenvalue weighted by Crippen LogP contribution is -2.16. The number of carbonyl (C=O) groups is 1. The minimum atomic E-state index is -4.34. The van der Waals surface area contributed by atoms with Crippen molar-refractivity contribution in [3.8, 4) is 0 Å². The average Bonchev–Trinajstić information content (AvgIpc) is 2.81. The number of rotatable bonds is 3. The van der Waals surface area contributed by atoms with E-state index < -0.39 is 11.7 Å². The normalized spacial score (nSPS) is 20.1. The van der Waals surface area contributed by atoms with Gasteiger partial charge in [-0.25, -0.2) is 0 Å². The second-order valence-electron chi connectivity index (χ2n) is 4.40. The Morgan fingerprint density at radius 1 is 1.39 bits per heavy atom. The van der Waals surface area contributed by atoms with Crippen molar-refractivity contribution >= 4 is 17.5 Å². The van der Waals surface area contributed by atoms with Gasteiger partial charge in [-0.3, -0.25) is 4.79 Å². The molecule has 1 nitrogen and oxygen atoms in total. The van der Waals surface area contributed by atoms with Gasteiger partial charge in [-0.05, 0) is 23.8 Å². The van der Waals surface area contributed by atoms with E-state index in [4.69, 9.17) is 0 Å². The highest BCUT2D eigenvalue weighted by atomic mass is 32.2. The Labute approximate surface area is 108 Å². The second-order valence-corrected chi connectivity index (χ2v) is 5.55. The number of thioether (sulfide) groups is 1. The maximum Gasteiger partial charge on any atom is 0.416 e. The van der Waals surface area contributed by atoms with Crippen molar-refractivity contribution in [3.63, 3.8) is 0 Å². The number of benzene rings is 1. The molecule has 0 bridgehead atoms. The molecule has 18 heavy (non-hydrogen) atoms. The summed E-state index contributed by atoms with van der Waals surface area (Å²) in [5.41, 5.74) is -0.236. The molecule has 0 amide bonds. The number of hydrogen-bond acceptors (Lipinski definition) is 2. The van der Waals surface area contributed by atoms with Crippen LogP contribution in [0.3, 0.4) is 0 Å². The van der Waals surface area contributed by atoms with Crippen LogP contribution in [0.1, 0.15) is 17.5 Å². The van der Waals surface area contributed by atoms with Gasteiger partial charge in [0.15, 0.2) is 0 Å². The van der Waals surface area contributed by atoms with Gasteiger partial charge in [-0.2, -0.15) is 24.9 Å². The molecule has 1 aliphatic heterocycles. The third-order valence-electron chi connectivity index (χ3n) is 3.02. The molecule has 0 N–H and O–H groups in total. The molecule has 0 aromatic heterocycles. The first-order chi connectivity index (χ1) is 8.47. The molecular weight excluding hydrogens is 261 g/mol. The Morgan fingerprint density at radius 2 is 2.17 bits per heavy atom. The molecule has 1 saturated heterocycles. The third kappa shape index (κ3) is 3.28. The van der Waals surface area contributed by atoms with Gasteiger partial charge in [0.2, 0.25) is 0 Å². The molecule has 1 atom stereocenters. The van der Waals surface area contributed by atoms with Crippen molar-refractivity contribution in [2.24, 2.45) is 5.92 Å². The molecule has 1 unspecified atom stereocenters. The number of halogens is 3. The third-order valence-corrected chi connectivity index (χ3v) is 4.18. The van der Waals surface area contributed by atoms with Crippen LogP contribution in [0.2, 0.25) is 0 Å². The van der Waals surface area contributed by atoms with Gasteiger partial charge < -0.3 is 0 Å². The van der Waals surface area contributed by atoms with E-state index in [1.165, 1.54) is 6.07 Å². The second kappa shape index (κ2) is 5.34. The van der Waals surface area contributed by atoms with Crippen LogP contribution in [0.5, 0.6) is 0 Å². The van der Waals surface area contributed by atoms with Gasteiger partial charge >= 0.3 is 6.18 Å². The van der Waals surface area contributed by atoms with Crippen LogP contribution >= 0.6 is 11.8 Å². The van der Waals surface area contributed by atoms with E-state index in [9.17, 15) is 18.0 Å². The van der Waals surface area contributed by atoms with Crippen molar-refractivity contribution in [1.82, 2.24) is 0 Å². The lowest BCUT2D eigenvalue weighted by atomic mass is 9.96. The summed E-state index contributed by atoms with van der Waals surface area (Å²) in [6.45, 7) is 0. The molecule has 0 radical (unpaired) electrons. The van der Waals surface area contributed by atoms with Crippen LogP contribution in [0, 0.1) is 5.92 Å².